The van der Waals surface area contributed by atoms with Gasteiger partial charge in [-0.25, -0.2) is 4.72 Å². The van der Waals surface area contributed by atoms with Gasteiger partial charge in [-0.15, -0.1) is 0 Å². The summed E-state index contributed by atoms with van der Waals surface area (Å²) in [6.45, 7) is 0. The van der Waals surface area contributed by atoms with Crippen LogP contribution < -0.4 is 21.9 Å². The molecule has 8 N–H and O–H groups in total. The molecule has 0 saturated carbocycles. The van der Waals surface area contributed by atoms with Crippen LogP contribution in [0.1, 0.15) is 0 Å². The van der Waals surface area contributed by atoms with E-state index in [-0.39, 0.29) is 11.9 Å². The molecule has 0 aliphatic heterocycles. The topological polar surface area (TPSA) is 196 Å². The molecule has 88 valence electrons. The first-order valence-electron chi connectivity index (χ1n) is 3.62. The van der Waals surface area contributed by atoms with E-state index < -0.39 is 22.3 Å². The lowest BCUT2D eigenvalue weighted by Gasteiger charge is -2.06. The van der Waals surface area contributed by atoms with E-state index in [9.17, 15) is 8.42 Å². The van der Waals surface area contributed by atoms with E-state index in [1.165, 1.54) is 0 Å². The molecule has 12 heteroatoms. The second-order valence-electron chi connectivity index (χ2n) is 2.38. The average molecular weight is 248 g/mol. The molecular weight excluding hydrogens is 240 g/mol. The molecule has 11 nitrogen and oxygen atoms in total. The van der Waals surface area contributed by atoms with Crippen molar-refractivity contribution in [3.8, 4) is 0 Å². The van der Waals surface area contributed by atoms with Crippen molar-refractivity contribution in [3.63, 3.8) is 0 Å². The van der Waals surface area contributed by atoms with Crippen LogP contribution >= 0.6 is 0 Å². The molecule has 0 saturated heterocycles. The Kier molecular flexibility index (Phi) is 2.94. The summed E-state index contributed by atoms with van der Waals surface area (Å²) in [5.74, 6) is -0.979. The first-order valence-corrected chi connectivity index (χ1v) is 5.02. The van der Waals surface area contributed by atoms with Crippen molar-refractivity contribution in [2.75, 3.05) is 16.2 Å². The second kappa shape index (κ2) is 4.01. The summed E-state index contributed by atoms with van der Waals surface area (Å²) < 4.78 is 27.9. The van der Waals surface area contributed by atoms with E-state index in [1.54, 1.807) is 4.72 Å². The van der Waals surface area contributed by atoms with Crippen molar-refractivity contribution in [2.45, 2.75) is 0 Å². The minimum absolute atomic E-state index is 0.270. The fraction of sp³-hybridized carbons (Fsp3) is 0. The van der Waals surface area contributed by atoms with Crippen molar-refractivity contribution in [3.05, 3.63) is 0 Å². The third-order valence-electron chi connectivity index (χ3n) is 1.09. The maximum Gasteiger partial charge on any atom is 0.412 e. The van der Waals surface area contributed by atoms with Gasteiger partial charge in [0.25, 0.3) is 6.02 Å². The maximum absolute atomic E-state index is 11.1. The molecule has 0 amide bonds. The monoisotopic (exact) mass is 248 g/mol. The van der Waals surface area contributed by atoms with Crippen molar-refractivity contribution in [1.29, 1.82) is 5.41 Å². The van der Waals surface area contributed by atoms with E-state index in [0.717, 1.165) is 0 Å². The van der Waals surface area contributed by atoms with Gasteiger partial charge in [0.2, 0.25) is 17.8 Å². The molecule has 0 fully saturated rings. The van der Waals surface area contributed by atoms with E-state index in [4.69, 9.17) is 22.6 Å². The lowest BCUT2D eigenvalue weighted by atomic mass is 10.8. The molecule has 0 bridgehead atoms. The quantitative estimate of drug-likeness (QED) is 0.286. The number of hydrogen-bond donors (Lipinski definition) is 5. The molecule has 0 unspecified atom stereocenters. The van der Waals surface area contributed by atoms with Crippen LogP contribution in [-0.4, -0.2) is 29.4 Å². The van der Waals surface area contributed by atoms with Gasteiger partial charge in [0.1, 0.15) is 0 Å². The van der Waals surface area contributed by atoms with Gasteiger partial charge in [0.15, 0.2) is 0 Å². The molecule has 1 rings (SSSR count). The molecule has 1 aromatic heterocycles. The number of anilines is 3. The van der Waals surface area contributed by atoms with E-state index >= 15 is 0 Å². The molecule has 0 spiro atoms. The van der Waals surface area contributed by atoms with Crippen LogP contribution in [0, 0.1) is 5.41 Å². The molecule has 1 aromatic rings. The van der Waals surface area contributed by atoms with E-state index in [1.807, 2.05) is 0 Å². The molecule has 0 atom stereocenters. The molecule has 0 radical (unpaired) electrons. The fourth-order valence-electron chi connectivity index (χ4n) is 0.706. The lowest BCUT2D eigenvalue weighted by Crippen LogP contribution is -2.25. The zero-order valence-corrected chi connectivity index (χ0v) is 8.52. The largest absolute Gasteiger partial charge is 0.412 e. The fourth-order valence-corrected chi connectivity index (χ4v) is 1.30. The van der Waals surface area contributed by atoms with Crippen LogP contribution in [0.15, 0.2) is 0 Å². The Hall–Kier alpha value is -2.37. The highest BCUT2D eigenvalue weighted by Gasteiger charge is 2.15. The van der Waals surface area contributed by atoms with Crippen LogP contribution in [-0.2, 0) is 14.5 Å². The predicted octanol–water partition coefficient (Wildman–Crippen LogP) is -2.40. The summed E-state index contributed by atoms with van der Waals surface area (Å²) in [7, 11) is -4.33. The summed E-state index contributed by atoms with van der Waals surface area (Å²) in [4.78, 5) is 10.3. The van der Waals surface area contributed by atoms with Gasteiger partial charge in [-0.05, 0) is 0 Å². The molecule has 0 aliphatic carbocycles. The van der Waals surface area contributed by atoms with Crippen LogP contribution in [0.5, 0.6) is 0 Å². The van der Waals surface area contributed by atoms with Crippen LogP contribution in [0.4, 0.5) is 17.8 Å². The van der Waals surface area contributed by atoms with Crippen molar-refractivity contribution in [1.82, 2.24) is 15.0 Å². The number of nitrogens with one attached hydrogen (secondary N) is 2. The number of nitrogen functional groups attached to an aromatic ring is 2. The molecule has 16 heavy (non-hydrogen) atoms. The highest BCUT2D eigenvalue weighted by molar-refractivity contribution is 7.88. The Balaban J connectivity index is 2.92. The minimum Gasteiger partial charge on any atom is -0.368 e. The van der Waals surface area contributed by atoms with Crippen molar-refractivity contribution in [2.24, 2.45) is 5.73 Å². The summed E-state index contributed by atoms with van der Waals surface area (Å²) in [5.41, 5.74) is 15.1. The Morgan fingerprint density at radius 2 is 1.75 bits per heavy atom. The first kappa shape index (κ1) is 11.7. The third-order valence-corrected chi connectivity index (χ3v) is 1.92. The second-order valence-corrected chi connectivity index (χ2v) is 3.66. The van der Waals surface area contributed by atoms with Gasteiger partial charge in [0.05, 0.1) is 0 Å². The minimum atomic E-state index is -4.33. The Morgan fingerprint density at radius 3 is 2.19 bits per heavy atom. The Labute approximate surface area is 89.8 Å². The standard InChI is InChI=1S/C4H8N8O3S/c5-1(6)15-16(13,14)12-4-10-2(7)9-3(8)11-4/h(H3,5,6)(H5,7,8,9,10,11,12). The van der Waals surface area contributed by atoms with Crippen molar-refractivity contribution < 1.29 is 12.6 Å². The zero-order chi connectivity index (χ0) is 12.3. The zero-order valence-electron chi connectivity index (χ0n) is 7.71. The molecular formula is C4H8N8O3S. The van der Waals surface area contributed by atoms with Gasteiger partial charge in [-0.3, -0.25) is 5.41 Å². The molecule has 0 aromatic carbocycles. The predicted molar refractivity (Wildman–Crippen MR) is 54.2 cm³/mol. The SMILES string of the molecule is N=C(N)OS(=O)(=O)Nc1nc(N)nc(N)n1. The number of nitrogens with zero attached hydrogens (tertiary/aromatic N) is 3. The number of aromatic nitrogens is 3. The highest BCUT2D eigenvalue weighted by atomic mass is 32.2. The van der Waals surface area contributed by atoms with Crippen molar-refractivity contribution >= 4 is 34.2 Å². The third kappa shape index (κ3) is 3.41. The summed E-state index contributed by atoms with van der Waals surface area (Å²) in [6, 6.07) is -1.01. The van der Waals surface area contributed by atoms with Gasteiger partial charge >= 0.3 is 10.3 Å². The van der Waals surface area contributed by atoms with Gasteiger partial charge in [0, 0.05) is 0 Å². The maximum atomic E-state index is 11.1. The summed E-state index contributed by atoms with van der Waals surface area (Å²) >= 11 is 0. The van der Waals surface area contributed by atoms with Crippen LogP contribution in [0.2, 0.25) is 0 Å². The number of amidine groups is 1. The lowest BCUT2D eigenvalue weighted by molar-refractivity contribution is 0.482. The normalized spacial score (nSPS) is 10.8. The smallest absolute Gasteiger partial charge is 0.368 e. The van der Waals surface area contributed by atoms with E-state index in [0.29, 0.717) is 0 Å². The molecule has 1 heterocycles. The first-order chi connectivity index (χ1) is 7.28. The Bertz CT molecular complexity index is 492. The van der Waals surface area contributed by atoms with Crippen LogP contribution in [0.3, 0.4) is 0 Å². The van der Waals surface area contributed by atoms with Gasteiger partial charge in [-0.1, -0.05) is 0 Å². The highest BCUT2D eigenvalue weighted by Crippen LogP contribution is 2.06. The summed E-state index contributed by atoms with van der Waals surface area (Å²) in [6.07, 6.45) is 0. The number of hydrogen-bond acceptors (Lipinski definition) is 9. The van der Waals surface area contributed by atoms with E-state index in [2.05, 4.69) is 19.1 Å². The number of nitrogens with two attached hydrogens (primary N) is 3. The Morgan fingerprint density at radius 1 is 1.25 bits per heavy atom. The number of rotatable bonds is 3. The summed E-state index contributed by atoms with van der Waals surface area (Å²) in [5, 5.41) is 6.63. The van der Waals surface area contributed by atoms with Gasteiger partial charge < -0.3 is 21.4 Å². The van der Waals surface area contributed by atoms with Crippen LogP contribution in [0.25, 0.3) is 0 Å². The molecule has 0 aliphatic rings. The average Bonchev–Trinajstić information content (AvgIpc) is 1.95. The van der Waals surface area contributed by atoms with Gasteiger partial charge in [-0.2, -0.15) is 23.4 Å².